The van der Waals surface area contributed by atoms with Crippen LogP contribution in [0.3, 0.4) is 0 Å². The molecule has 0 saturated heterocycles. The minimum Gasteiger partial charge on any atom is -0.443 e. The van der Waals surface area contributed by atoms with Crippen molar-refractivity contribution in [3.05, 3.63) is 59.0 Å². The third-order valence-corrected chi connectivity index (χ3v) is 9.04. The monoisotopic (exact) mass is 626 g/mol. The molecule has 0 spiro atoms. The molecule has 0 radical (unpaired) electrons. The number of ether oxygens (including phenoxy) is 4. The van der Waals surface area contributed by atoms with Crippen molar-refractivity contribution in [1.82, 2.24) is 14.1 Å². The van der Waals surface area contributed by atoms with Crippen molar-refractivity contribution in [3.63, 3.8) is 0 Å². The minimum absolute atomic E-state index is 0.111. The first-order valence-corrected chi connectivity index (χ1v) is 18.1. The van der Waals surface area contributed by atoms with Gasteiger partial charge in [-0.05, 0) is 76.6 Å². The molecule has 1 unspecified atom stereocenters. The molecule has 0 N–H and O–H groups in total. The molecule has 2 heterocycles. The molecule has 0 saturated carbocycles. The number of carbonyl (C=O) groups is 1. The predicted molar refractivity (Wildman–Crippen MR) is 167 cm³/mol. The molecule has 4 aromatic rings. The molecular weight excluding hydrogens is 586 g/mol. The Balaban J connectivity index is 1.99. The third-order valence-electron chi connectivity index (χ3n) is 7.34. The minimum atomic E-state index is -3.12. The lowest BCUT2D eigenvalue weighted by molar-refractivity contribution is -0.0544. The summed E-state index contributed by atoms with van der Waals surface area (Å²) in [5, 5.41) is 9.98. The number of hydrogen-bond acceptors (Lipinski definition) is 7. The summed E-state index contributed by atoms with van der Waals surface area (Å²) in [6, 6.07) is 11.3. The van der Waals surface area contributed by atoms with E-state index in [1.54, 1.807) is 65.1 Å². The van der Waals surface area contributed by atoms with Gasteiger partial charge in [0.25, 0.3) is 0 Å². The fourth-order valence-corrected chi connectivity index (χ4v) is 5.94. The van der Waals surface area contributed by atoms with Crippen LogP contribution in [-0.4, -0.2) is 54.2 Å². The second kappa shape index (κ2) is 12.3. The zero-order chi connectivity index (χ0) is 32.6. The molecule has 4 rings (SSSR count). The van der Waals surface area contributed by atoms with Gasteiger partial charge in [0.2, 0.25) is 0 Å². The quantitative estimate of drug-likeness (QED) is 0.131. The van der Waals surface area contributed by atoms with Crippen molar-refractivity contribution in [3.8, 4) is 11.8 Å². The maximum atomic E-state index is 13.9. The van der Waals surface area contributed by atoms with Gasteiger partial charge >= 0.3 is 12.7 Å². The number of rotatable bonds is 10. The number of aryl methyl sites for hydroxylation is 1. The summed E-state index contributed by atoms with van der Waals surface area (Å²) in [5.74, 6) is 0.236. The zero-order valence-electron chi connectivity index (χ0n) is 26.7. The van der Waals surface area contributed by atoms with Gasteiger partial charge in [0.15, 0.2) is 5.60 Å². The second-order valence-electron chi connectivity index (χ2n) is 13.1. The molecule has 9 nitrogen and oxygen atoms in total. The summed E-state index contributed by atoms with van der Waals surface area (Å²) in [6.45, 7) is 13.0. The van der Waals surface area contributed by atoms with Gasteiger partial charge in [0.05, 0.1) is 28.2 Å². The Kier molecular flexibility index (Phi) is 9.26. The molecule has 236 valence electrons. The maximum absolute atomic E-state index is 13.9. The Morgan fingerprint density at radius 3 is 2.43 bits per heavy atom. The normalized spacial score (nSPS) is 13.8. The molecule has 2 aromatic heterocycles. The molecule has 0 fully saturated rings. The number of aromatic nitrogens is 3. The average Bonchev–Trinajstić information content (AvgIpc) is 3.51. The second-order valence-corrected chi connectivity index (χ2v) is 18.8. The van der Waals surface area contributed by atoms with E-state index in [4.69, 9.17) is 23.9 Å². The number of fused-ring (bicyclic) bond motifs is 2. The van der Waals surface area contributed by atoms with Crippen LogP contribution in [0, 0.1) is 18.3 Å². The number of carbonyl (C=O) groups excluding carboxylic acids is 1. The molecule has 0 amide bonds. The molecule has 0 aliphatic rings. The van der Waals surface area contributed by atoms with E-state index in [2.05, 4.69) is 25.7 Å². The summed E-state index contributed by atoms with van der Waals surface area (Å²) in [5.41, 5.74) is 0.611. The van der Waals surface area contributed by atoms with E-state index in [-0.39, 0.29) is 18.0 Å². The summed E-state index contributed by atoms with van der Waals surface area (Å²) in [7, 11) is 0.0828. The smallest absolute Gasteiger partial charge is 0.419 e. The Morgan fingerprint density at radius 2 is 1.84 bits per heavy atom. The third kappa shape index (κ3) is 6.80. The van der Waals surface area contributed by atoms with Crippen molar-refractivity contribution in [1.29, 1.82) is 5.26 Å². The number of hydrogen-bond donors (Lipinski definition) is 0. The molecule has 44 heavy (non-hydrogen) atoms. The van der Waals surface area contributed by atoms with E-state index >= 15 is 0 Å². The number of methoxy groups -OCH3 is 1. The number of halogens is 2. The van der Waals surface area contributed by atoms with Crippen LogP contribution in [0.1, 0.15) is 50.2 Å². The number of nitrogens with zero attached hydrogens (tertiary/aromatic N) is 4. The van der Waals surface area contributed by atoms with Crippen molar-refractivity contribution >= 4 is 36.1 Å². The van der Waals surface area contributed by atoms with Crippen molar-refractivity contribution in [2.45, 2.75) is 84.8 Å². The fraction of sp³-hybridized carbons (Fsp3) is 0.469. The summed E-state index contributed by atoms with van der Waals surface area (Å²) in [4.78, 5) is 18.1. The van der Waals surface area contributed by atoms with E-state index < -0.39 is 32.0 Å². The van der Waals surface area contributed by atoms with E-state index in [0.717, 1.165) is 6.04 Å². The highest BCUT2D eigenvalue weighted by atomic mass is 28.3. The topological polar surface area (TPSA) is 101 Å². The van der Waals surface area contributed by atoms with Crippen LogP contribution in [0.25, 0.3) is 21.9 Å². The first-order chi connectivity index (χ1) is 20.5. The Morgan fingerprint density at radius 1 is 1.14 bits per heavy atom. The number of benzene rings is 2. The summed E-state index contributed by atoms with van der Waals surface area (Å²) >= 11 is 0. The van der Waals surface area contributed by atoms with Gasteiger partial charge in [-0.1, -0.05) is 19.6 Å². The highest BCUT2D eigenvalue weighted by molar-refractivity contribution is 6.76. The first kappa shape index (κ1) is 33.1. The van der Waals surface area contributed by atoms with Gasteiger partial charge in [0.1, 0.15) is 23.9 Å². The molecule has 0 aliphatic heterocycles. The predicted octanol–water partition coefficient (Wildman–Crippen LogP) is 7.78. The van der Waals surface area contributed by atoms with E-state index in [9.17, 15) is 18.8 Å². The Hall–Kier alpha value is -3.79. The van der Waals surface area contributed by atoms with Crippen molar-refractivity contribution in [2.24, 2.45) is 0 Å². The van der Waals surface area contributed by atoms with Crippen LogP contribution in [0.4, 0.5) is 13.6 Å². The van der Waals surface area contributed by atoms with Gasteiger partial charge in [-0.15, -0.1) is 0 Å². The van der Waals surface area contributed by atoms with E-state index in [0.29, 0.717) is 45.5 Å². The molecule has 0 aliphatic carbocycles. The van der Waals surface area contributed by atoms with Crippen LogP contribution < -0.4 is 4.74 Å². The van der Waals surface area contributed by atoms with Crippen LogP contribution in [0.15, 0.2) is 36.5 Å². The van der Waals surface area contributed by atoms with Gasteiger partial charge < -0.3 is 23.5 Å². The van der Waals surface area contributed by atoms with Crippen molar-refractivity contribution < 1.29 is 32.5 Å². The molecule has 12 heteroatoms. The van der Waals surface area contributed by atoms with Gasteiger partial charge in [-0.25, -0.2) is 9.78 Å². The SMILES string of the molecule is COC(C)(c1c(OC(F)F)cc(C)c2c1ccn2C(=O)OC(C)(C)C)c1nc2cc(C#N)ccc2n1COCC[Si](C)(C)C. The van der Waals surface area contributed by atoms with E-state index in [1.807, 2.05) is 4.57 Å². The molecule has 0 bridgehead atoms. The number of alkyl halides is 2. The number of nitriles is 1. The van der Waals surface area contributed by atoms with Crippen molar-refractivity contribution in [2.75, 3.05) is 13.7 Å². The van der Waals surface area contributed by atoms with Crippen LogP contribution in [0.5, 0.6) is 5.75 Å². The first-order valence-electron chi connectivity index (χ1n) is 14.4. The zero-order valence-corrected chi connectivity index (χ0v) is 27.7. The summed E-state index contributed by atoms with van der Waals surface area (Å²) in [6.07, 6.45) is 0.925. The molecule has 2 aromatic carbocycles. The maximum Gasteiger partial charge on any atom is 0.419 e. The van der Waals surface area contributed by atoms with Gasteiger partial charge in [-0.2, -0.15) is 14.0 Å². The highest BCUT2D eigenvalue weighted by Gasteiger charge is 2.40. The average molecular weight is 627 g/mol. The number of imidazole rings is 1. The van der Waals surface area contributed by atoms with E-state index in [1.165, 1.54) is 17.7 Å². The highest BCUT2D eigenvalue weighted by Crippen LogP contribution is 2.45. The lowest BCUT2D eigenvalue weighted by Gasteiger charge is -2.31. The lowest BCUT2D eigenvalue weighted by atomic mass is 9.89. The Labute approximate surface area is 257 Å². The van der Waals surface area contributed by atoms with Gasteiger partial charge in [-0.3, -0.25) is 4.57 Å². The van der Waals surface area contributed by atoms with Crippen LogP contribution in [-0.2, 0) is 26.5 Å². The Bertz CT molecular complexity index is 1730. The molecule has 1 atom stereocenters. The summed E-state index contributed by atoms with van der Waals surface area (Å²) < 4.78 is 53.9. The lowest BCUT2D eigenvalue weighted by Crippen LogP contribution is -2.32. The fourth-order valence-electron chi connectivity index (χ4n) is 5.18. The molecular formula is C32H40F2N4O5Si. The largest absolute Gasteiger partial charge is 0.443 e. The van der Waals surface area contributed by atoms with Crippen LogP contribution in [0.2, 0.25) is 25.7 Å². The van der Waals surface area contributed by atoms with Gasteiger partial charge in [0, 0.05) is 38.9 Å². The standard InChI is InChI=1S/C32H40F2N4O5Si/c1-20-16-25(42-29(33)34)26(22-12-13-37(27(20)22)30(39)43-31(2,3)4)32(5,40-6)28-36-23-17-21(18-35)10-11-24(23)38(28)19-41-14-15-44(7,8)9/h10-13,16-17,29H,14-15,19H2,1-9H3. The van der Waals surface area contributed by atoms with Crippen LogP contribution >= 0.6 is 0 Å².